The quantitative estimate of drug-likeness (QED) is 0.573. The lowest BCUT2D eigenvalue weighted by Crippen LogP contribution is -2.32. The fourth-order valence-corrected chi connectivity index (χ4v) is 3.79. The Morgan fingerprint density at radius 2 is 2.11 bits per heavy atom. The monoisotopic (exact) mass is 407 g/mol. The zero-order valence-electron chi connectivity index (χ0n) is 16.0. The number of nitrogens with one attached hydrogen (secondary N) is 1. The molecule has 0 aliphatic rings. The molecule has 0 fully saturated rings. The Labute approximate surface area is 164 Å². The first-order chi connectivity index (χ1) is 13.2. The molecule has 28 heavy (non-hydrogen) atoms. The van der Waals surface area contributed by atoms with E-state index in [4.69, 9.17) is 4.42 Å². The number of sulfone groups is 1. The van der Waals surface area contributed by atoms with Gasteiger partial charge in [0.2, 0.25) is 5.91 Å². The zero-order chi connectivity index (χ0) is 20.6. The third-order valence-corrected chi connectivity index (χ3v) is 5.19. The van der Waals surface area contributed by atoms with Crippen molar-refractivity contribution in [2.24, 2.45) is 0 Å². The van der Waals surface area contributed by atoms with Crippen molar-refractivity contribution in [2.75, 3.05) is 26.4 Å². The van der Waals surface area contributed by atoms with Crippen molar-refractivity contribution in [3.63, 3.8) is 0 Å². The summed E-state index contributed by atoms with van der Waals surface area (Å²) in [5, 5.41) is 12.3. The number of amides is 1. The van der Waals surface area contributed by atoms with Crippen LogP contribution in [0.5, 0.6) is 0 Å². The van der Waals surface area contributed by atoms with Crippen LogP contribution in [0.1, 0.15) is 16.8 Å². The van der Waals surface area contributed by atoms with Gasteiger partial charge in [-0.15, -0.1) is 0 Å². The summed E-state index contributed by atoms with van der Waals surface area (Å²) in [5.74, 6) is -1.65. The molecule has 0 aliphatic heterocycles. The smallest absolute Gasteiger partial charge is 0.235 e. The van der Waals surface area contributed by atoms with E-state index in [0.29, 0.717) is 12.0 Å². The first-order valence-corrected chi connectivity index (χ1v) is 10.5. The lowest BCUT2D eigenvalue weighted by molar-refractivity contribution is -0.118. The Morgan fingerprint density at radius 3 is 2.79 bits per heavy atom. The molecule has 2 aromatic rings. The molecule has 2 heterocycles. The van der Waals surface area contributed by atoms with Gasteiger partial charge in [-0.2, -0.15) is 0 Å². The molecule has 0 saturated carbocycles. The largest absolute Gasteiger partial charge is 0.511 e. The molecule has 152 valence electrons. The van der Waals surface area contributed by atoms with Gasteiger partial charge in [0.15, 0.2) is 9.84 Å². The molecule has 0 atom stereocenters. The van der Waals surface area contributed by atoms with Crippen LogP contribution in [0.15, 0.2) is 53.2 Å². The number of rotatable bonds is 10. The molecule has 2 aromatic heterocycles. The molecule has 2 N–H and O–H groups in total. The van der Waals surface area contributed by atoms with Gasteiger partial charge in [-0.05, 0) is 43.9 Å². The Kier molecular flexibility index (Phi) is 7.77. The van der Waals surface area contributed by atoms with Crippen molar-refractivity contribution in [1.82, 2.24) is 15.2 Å². The van der Waals surface area contributed by atoms with E-state index in [-0.39, 0.29) is 18.1 Å². The third-order valence-electron chi connectivity index (χ3n) is 3.71. The lowest BCUT2D eigenvalue weighted by Gasteiger charge is -2.10. The number of pyridine rings is 1. The SMILES string of the molecule is CN(C)Cc1ccnc(C/C=C(\O)CNC(=O)CS(=O)(=O)Cc2ccoc2)c1. The fraction of sp³-hybridized carbons (Fsp3) is 0.368. The van der Waals surface area contributed by atoms with E-state index in [2.05, 4.69) is 10.3 Å². The highest BCUT2D eigenvalue weighted by Gasteiger charge is 2.18. The van der Waals surface area contributed by atoms with Crippen molar-refractivity contribution in [3.05, 3.63) is 65.6 Å². The highest BCUT2D eigenvalue weighted by atomic mass is 32.2. The fourth-order valence-electron chi connectivity index (χ4n) is 2.52. The van der Waals surface area contributed by atoms with Gasteiger partial charge in [0.05, 0.1) is 24.8 Å². The molecular formula is C19H25N3O5S. The Morgan fingerprint density at radius 1 is 1.32 bits per heavy atom. The molecule has 0 unspecified atom stereocenters. The van der Waals surface area contributed by atoms with Crippen molar-refractivity contribution in [2.45, 2.75) is 18.7 Å². The number of aliphatic hydroxyl groups excluding tert-OH is 1. The summed E-state index contributed by atoms with van der Waals surface area (Å²) < 4.78 is 28.8. The maximum atomic E-state index is 12.0. The molecule has 0 bridgehead atoms. The van der Waals surface area contributed by atoms with Crippen LogP contribution in [0.3, 0.4) is 0 Å². The maximum absolute atomic E-state index is 12.0. The number of aliphatic hydroxyl groups is 1. The molecule has 0 radical (unpaired) electrons. The van der Waals surface area contributed by atoms with Crippen LogP contribution in [0.4, 0.5) is 0 Å². The normalized spacial score (nSPS) is 12.3. The van der Waals surface area contributed by atoms with E-state index in [9.17, 15) is 18.3 Å². The number of furan rings is 1. The Hall–Kier alpha value is -2.65. The topological polar surface area (TPSA) is 113 Å². The predicted molar refractivity (Wildman–Crippen MR) is 105 cm³/mol. The minimum Gasteiger partial charge on any atom is -0.511 e. The van der Waals surface area contributed by atoms with Crippen LogP contribution in [0.2, 0.25) is 0 Å². The first kappa shape index (κ1) is 21.6. The average molecular weight is 407 g/mol. The highest BCUT2D eigenvalue weighted by Crippen LogP contribution is 2.08. The van der Waals surface area contributed by atoms with Crippen LogP contribution >= 0.6 is 0 Å². The standard InChI is InChI=1S/C19H25N3O5S/c1-22(2)11-15-5-7-20-17(9-15)3-4-18(23)10-21-19(24)14-28(25,26)13-16-6-8-27-12-16/h4-9,12,23H,3,10-11,13-14H2,1-2H3,(H,21,24)/b18-4-. The molecule has 8 nitrogen and oxygen atoms in total. The molecule has 9 heteroatoms. The van der Waals surface area contributed by atoms with Crippen LogP contribution in [-0.2, 0) is 33.4 Å². The molecule has 0 spiro atoms. The van der Waals surface area contributed by atoms with Gasteiger partial charge in [-0.3, -0.25) is 9.78 Å². The van der Waals surface area contributed by atoms with Crippen LogP contribution in [0, 0.1) is 0 Å². The number of carbonyl (C=O) groups is 1. The predicted octanol–water partition coefficient (Wildman–Crippen LogP) is 1.45. The van der Waals surface area contributed by atoms with Gasteiger partial charge in [0.1, 0.15) is 11.5 Å². The minimum atomic E-state index is -3.61. The van der Waals surface area contributed by atoms with E-state index in [1.807, 2.05) is 31.1 Å². The van der Waals surface area contributed by atoms with E-state index in [1.54, 1.807) is 12.3 Å². The minimum absolute atomic E-state index is 0.0552. The number of carbonyl (C=O) groups excluding carboxylic acids is 1. The van der Waals surface area contributed by atoms with Gasteiger partial charge >= 0.3 is 0 Å². The summed E-state index contributed by atoms with van der Waals surface area (Å²) >= 11 is 0. The van der Waals surface area contributed by atoms with Gasteiger partial charge in [-0.25, -0.2) is 8.42 Å². The second kappa shape index (κ2) is 10.0. The zero-order valence-corrected chi connectivity index (χ0v) is 16.8. The van der Waals surface area contributed by atoms with Gasteiger partial charge < -0.3 is 19.7 Å². The van der Waals surface area contributed by atoms with Crippen LogP contribution in [-0.4, -0.2) is 55.7 Å². The van der Waals surface area contributed by atoms with Crippen LogP contribution in [0.25, 0.3) is 0 Å². The summed E-state index contributed by atoms with van der Waals surface area (Å²) in [5.41, 5.74) is 2.39. The van der Waals surface area contributed by atoms with E-state index < -0.39 is 21.5 Å². The van der Waals surface area contributed by atoms with Crippen LogP contribution < -0.4 is 5.32 Å². The molecular weight excluding hydrogens is 382 g/mol. The molecule has 1 amide bonds. The summed E-state index contributed by atoms with van der Waals surface area (Å²) in [4.78, 5) is 18.1. The van der Waals surface area contributed by atoms with Gasteiger partial charge in [0.25, 0.3) is 0 Å². The molecule has 0 aliphatic carbocycles. The number of nitrogens with zero attached hydrogens (tertiary/aromatic N) is 2. The van der Waals surface area contributed by atoms with Crippen molar-refractivity contribution >= 4 is 15.7 Å². The molecule has 0 saturated heterocycles. The van der Waals surface area contributed by atoms with E-state index in [0.717, 1.165) is 17.8 Å². The Balaban J connectivity index is 1.81. The average Bonchev–Trinajstić information content (AvgIpc) is 3.09. The number of hydrogen-bond acceptors (Lipinski definition) is 7. The summed E-state index contributed by atoms with van der Waals surface area (Å²) in [6.07, 6.45) is 6.36. The number of hydrogen-bond donors (Lipinski definition) is 2. The summed E-state index contributed by atoms with van der Waals surface area (Å²) in [6, 6.07) is 5.41. The second-order valence-corrected chi connectivity index (χ2v) is 8.80. The summed E-state index contributed by atoms with van der Waals surface area (Å²) in [6.45, 7) is 0.645. The lowest BCUT2D eigenvalue weighted by atomic mass is 10.2. The number of aromatic nitrogens is 1. The third kappa shape index (κ3) is 7.93. The van der Waals surface area contributed by atoms with E-state index in [1.165, 1.54) is 18.6 Å². The van der Waals surface area contributed by atoms with E-state index >= 15 is 0 Å². The van der Waals surface area contributed by atoms with Crippen molar-refractivity contribution < 1.29 is 22.7 Å². The first-order valence-electron chi connectivity index (χ1n) is 8.68. The van der Waals surface area contributed by atoms with Crippen molar-refractivity contribution in [1.29, 1.82) is 0 Å². The molecule has 0 aromatic carbocycles. The Bertz CT molecular complexity index is 905. The van der Waals surface area contributed by atoms with Gasteiger partial charge in [0, 0.05) is 30.4 Å². The highest BCUT2D eigenvalue weighted by molar-refractivity contribution is 7.91. The summed E-state index contributed by atoms with van der Waals surface area (Å²) in [7, 11) is 0.343. The van der Waals surface area contributed by atoms with Crippen molar-refractivity contribution in [3.8, 4) is 0 Å². The maximum Gasteiger partial charge on any atom is 0.235 e. The molecule has 2 rings (SSSR count). The second-order valence-electron chi connectivity index (χ2n) is 6.73. The number of allylic oxidation sites excluding steroid dienone is 1. The van der Waals surface area contributed by atoms with Gasteiger partial charge in [-0.1, -0.05) is 0 Å².